The molecule has 51 heavy (non-hydrogen) atoms. The van der Waals surface area contributed by atoms with Gasteiger partial charge in [0.15, 0.2) is 0 Å². The molecule has 270 valence electrons. The fourth-order valence-electron chi connectivity index (χ4n) is 5.29. The molecule has 0 fully saturated rings. The number of unbranched alkanes of at least 4 members (excludes halogenated alkanes) is 1. The molecule has 5 rings (SSSR count). The Morgan fingerprint density at radius 1 is 0.902 bits per heavy atom. The van der Waals surface area contributed by atoms with E-state index in [0.717, 1.165) is 33.7 Å². The molecule has 5 aromatic rings. The minimum Gasteiger partial charge on any atom is -0.475 e. The summed E-state index contributed by atoms with van der Waals surface area (Å²) in [5.74, 6) is -0.474. The highest BCUT2D eigenvalue weighted by Gasteiger charge is 2.31. The summed E-state index contributed by atoms with van der Waals surface area (Å²) in [6.07, 6.45) is 2.57. The Labute approximate surface area is 292 Å². The predicted octanol–water partition coefficient (Wildman–Crippen LogP) is 6.32. The van der Waals surface area contributed by atoms with Gasteiger partial charge in [-0.15, -0.1) is 13.2 Å². The van der Waals surface area contributed by atoms with Crippen molar-refractivity contribution in [2.45, 2.75) is 58.5 Å². The zero-order valence-corrected chi connectivity index (χ0v) is 28.5. The minimum atomic E-state index is -4.84. The summed E-state index contributed by atoms with van der Waals surface area (Å²) in [6, 6.07) is 11.3. The van der Waals surface area contributed by atoms with Crippen LogP contribution in [-0.4, -0.2) is 70.1 Å². The van der Waals surface area contributed by atoms with Crippen molar-refractivity contribution in [2.75, 3.05) is 26.4 Å². The third-order valence-corrected chi connectivity index (χ3v) is 7.42. The number of pyridine rings is 2. The molecule has 0 saturated heterocycles. The van der Waals surface area contributed by atoms with Crippen LogP contribution in [0.25, 0.3) is 21.7 Å². The Hall–Kier alpha value is -5.28. The maximum absolute atomic E-state index is 13.1. The molecular weight excluding hydrogens is 669 g/mol. The second-order valence-electron chi connectivity index (χ2n) is 12.8. The standard InChI is InChI=1S/C36H39F3N6O6/c1-35(2,3)51-34(47)45-22-25(20-43-45)15-23-14-24(17-27(16-23)50-36(37,38)39)19-41-9-4-5-11-48-12-13-49-33-29-8-10-42-21-30(29)28-7-6-26(32(40)46)18-31(28)44-33/h6-8,10,14,16-18,20-22,41H,4-5,9,11-13,15,19H2,1-3H3,(H2,40,46). The second-order valence-corrected chi connectivity index (χ2v) is 12.8. The van der Waals surface area contributed by atoms with Crippen molar-refractivity contribution in [3.8, 4) is 11.6 Å². The quantitative estimate of drug-likeness (QED) is 0.0934. The number of primary amides is 1. The zero-order chi connectivity index (χ0) is 36.6. The lowest BCUT2D eigenvalue weighted by molar-refractivity contribution is -0.274. The van der Waals surface area contributed by atoms with Crippen molar-refractivity contribution in [3.63, 3.8) is 0 Å². The highest BCUT2D eigenvalue weighted by molar-refractivity contribution is 6.09. The number of nitrogens with two attached hydrogens (primary N) is 1. The zero-order valence-electron chi connectivity index (χ0n) is 28.5. The number of nitrogens with zero attached hydrogens (tertiary/aromatic N) is 4. The fraction of sp³-hybridized carbons (Fsp3) is 0.361. The number of hydrogen-bond donors (Lipinski definition) is 2. The van der Waals surface area contributed by atoms with Gasteiger partial charge in [-0.3, -0.25) is 9.78 Å². The van der Waals surface area contributed by atoms with E-state index >= 15 is 0 Å². The topological polar surface area (TPSA) is 153 Å². The average molecular weight is 709 g/mol. The predicted molar refractivity (Wildman–Crippen MR) is 183 cm³/mol. The van der Waals surface area contributed by atoms with E-state index < -0.39 is 24.0 Å². The van der Waals surface area contributed by atoms with Crippen molar-refractivity contribution in [2.24, 2.45) is 5.73 Å². The van der Waals surface area contributed by atoms with Gasteiger partial charge in [-0.1, -0.05) is 12.1 Å². The molecule has 3 N–H and O–H groups in total. The summed E-state index contributed by atoms with van der Waals surface area (Å²) in [6.45, 7) is 7.20. The van der Waals surface area contributed by atoms with E-state index in [-0.39, 0.29) is 18.8 Å². The van der Waals surface area contributed by atoms with E-state index in [9.17, 15) is 22.8 Å². The lowest BCUT2D eigenvalue weighted by Crippen LogP contribution is -2.27. The number of ether oxygens (including phenoxy) is 4. The van der Waals surface area contributed by atoms with Crippen molar-refractivity contribution in [1.29, 1.82) is 0 Å². The number of rotatable bonds is 15. The summed E-state index contributed by atoms with van der Waals surface area (Å²) in [4.78, 5) is 32.8. The smallest absolute Gasteiger partial charge is 0.475 e. The number of halogens is 3. The van der Waals surface area contributed by atoms with Gasteiger partial charge in [0.05, 0.1) is 18.3 Å². The molecule has 3 heterocycles. The minimum absolute atomic E-state index is 0.229. The first-order valence-corrected chi connectivity index (χ1v) is 16.3. The first-order chi connectivity index (χ1) is 24.2. The molecule has 0 aliphatic carbocycles. The molecule has 0 aliphatic heterocycles. The molecule has 0 unspecified atom stereocenters. The summed E-state index contributed by atoms with van der Waals surface area (Å²) in [5, 5.41) is 9.73. The molecule has 0 aliphatic rings. The van der Waals surface area contributed by atoms with Crippen LogP contribution in [-0.2, 0) is 22.4 Å². The fourth-order valence-corrected chi connectivity index (χ4v) is 5.29. The SMILES string of the molecule is CC(C)(C)OC(=O)n1cc(Cc2cc(CNCCCCOCCOc3nc4cc(C(N)=O)ccc4c4cnccc34)cc(OC(F)(F)F)c2)cn1. The second kappa shape index (κ2) is 16.2. The summed E-state index contributed by atoms with van der Waals surface area (Å²) in [7, 11) is 0. The molecule has 0 spiro atoms. The maximum Gasteiger partial charge on any atom is 0.573 e. The molecule has 0 bridgehead atoms. The highest BCUT2D eigenvalue weighted by atomic mass is 19.4. The Kier molecular flexibility index (Phi) is 11.7. The van der Waals surface area contributed by atoms with Crippen LogP contribution < -0.4 is 20.5 Å². The van der Waals surface area contributed by atoms with Crippen LogP contribution in [0.4, 0.5) is 18.0 Å². The summed E-state index contributed by atoms with van der Waals surface area (Å²) < 4.78 is 61.4. The lowest BCUT2D eigenvalue weighted by atomic mass is 10.0. The van der Waals surface area contributed by atoms with E-state index in [1.54, 1.807) is 57.4 Å². The molecule has 12 nitrogen and oxygen atoms in total. The third kappa shape index (κ3) is 10.9. The molecule has 0 radical (unpaired) electrons. The molecule has 0 atom stereocenters. The lowest BCUT2D eigenvalue weighted by Gasteiger charge is -2.18. The Balaban J connectivity index is 1.07. The molecule has 2 aromatic carbocycles. The Morgan fingerprint density at radius 2 is 1.71 bits per heavy atom. The van der Waals surface area contributed by atoms with Gasteiger partial charge in [0.2, 0.25) is 11.8 Å². The van der Waals surface area contributed by atoms with Crippen LogP contribution in [0.3, 0.4) is 0 Å². The van der Waals surface area contributed by atoms with Crippen molar-refractivity contribution in [1.82, 2.24) is 25.1 Å². The Bertz CT molecular complexity index is 1990. The number of fused-ring (bicyclic) bond motifs is 3. The van der Waals surface area contributed by atoms with Crippen LogP contribution >= 0.6 is 0 Å². The van der Waals surface area contributed by atoms with E-state index in [4.69, 9.17) is 19.9 Å². The average Bonchev–Trinajstić information content (AvgIpc) is 3.52. The molecule has 1 amide bonds. The number of hydrogen-bond acceptors (Lipinski definition) is 10. The van der Waals surface area contributed by atoms with Gasteiger partial charge in [-0.05, 0) is 87.2 Å². The van der Waals surface area contributed by atoms with Crippen molar-refractivity contribution in [3.05, 3.63) is 89.5 Å². The van der Waals surface area contributed by atoms with Crippen LogP contribution in [0.5, 0.6) is 11.6 Å². The molecule has 0 saturated carbocycles. The first-order valence-electron chi connectivity index (χ1n) is 16.3. The van der Waals surface area contributed by atoms with Crippen molar-refractivity contribution < 1.29 is 41.7 Å². The monoisotopic (exact) mass is 708 g/mol. The van der Waals surface area contributed by atoms with Crippen LogP contribution in [0, 0.1) is 0 Å². The maximum atomic E-state index is 13.1. The Morgan fingerprint density at radius 3 is 2.47 bits per heavy atom. The van der Waals surface area contributed by atoms with Gasteiger partial charge >= 0.3 is 12.5 Å². The third-order valence-electron chi connectivity index (χ3n) is 7.42. The molecule has 15 heteroatoms. The van der Waals surface area contributed by atoms with E-state index in [2.05, 4.69) is 25.1 Å². The summed E-state index contributed by atoms with van der Waals surface area (Å²) in [5.41, 5.74) is 7.43. The molecule has 3 aromatic heterocycles. The van der Waals surface area contributed by atoms with Gasteiger partial charge in [0.1, 0.15) is 18.0 Å². The van der Waals surface area contributed by atoms with E-state index in [0.29, 0.717) is 60.0 Å². The normalized spacial score (nSPS) is 12.0. The number of benzene rings is 2. The van der Waals surface area contributed by atoms with Gasteiger partial charge in [-0.2, -0.15) is 9.78 Å². The van der Waals surface area contributed by atoms with Gasteiger partial charge < -0.3 is 30.0 Å². The highest BCUT2D eigenvalue weighted by Crippen LogP contribution is 2.31. The first kappa shape index (κ1) is 37.0. The van der Waals surface area contributed by atoms with Crippen LogP contribution in [0.1, 0.15) is 60.7 Å². The van der Waals surface area contributed by atoms with Gasteiger partial charge in [0.25, 0.3) is 0 Å². The van der Waals surface area contributed by atoms with Crippen LogP contribution in [0.15, 0.2) is 67.3 Å². The van der Waals surface area contributed by atoms with Crippen molar-refractivity contribution >= 4 is 33.7 Å². The number of carbonyl (C=O) groups excluding carboxylic acids is 2. The van der Waals surface area contributed by atoms with Gasteiger partial charge in [-0.25, -0.2) is 9.78 Å². The number of nitrogens with one attached hydrogen (secondary N) is 1. The largest absolute Gasteiger partial charge is 0.573 e. The molecular formula is C36H39F3N6O6. The number of aromatic nitrogens is 4. The van der Waals surface area contributed by atoms with E-state index in [1.807, 2.05) is 6.07 Å². The van der Waals surface area contributed by atoms with Crippen LogP contribution in [0.2, 0.25) is 0 Å². The summed E-state index contributed by atoms with van der Waals surface area (Å²) >= 11 is 0. The number of carbonyl (C=O) groups is 2. The van der Waals surface area contributed by atoms with Gasteiger partial charge in [0, 0.05) is 59.9 Å². The van der Waals surface area contributed by atoms with E-state index in [1.165, 1.54) is 24.5 Å². The number of amides is 1. The number of alkyl halides is 3.